The van der Waals surface area contributed by atoms with Crippen LogP contribution in [-0.2, 0) is 6.11 Å². The fourth-order valence-corrected chi connectivity index (χ4v) is 3.53. The molecule has 0 unspecified atom stereocenters. The number of rotatable bonds is 5. The summed E-state index contributed by atoms with van der Waals surface area (Å²) < 4.78 is 90.2. The minimum atomic E-state index is -4.19. The molecule has 7 heteroatoms. The Morgan fingerprint density at radius 1 is 0.806 bits per heavy atom. The summed E-state index contributed by atoms with van der Waals surface area (Å²) in [4.78, 5) is 0. The van der Waals surface area contributed by atoms with Gasteiger partial charge in [-0.05, 0) is 72.7 Å². The minimum absolute atomic E-state index is 0.0558. The van der Waals surface area contributed by atoms with E-state index in [1.54, 1.807) is 6.07 Å². The molecule has 3 aromatic rings. The Bertz CT molecular complexity index is 1110. The molecule has 0 aromatic heterocycles. The molecule has 1 aliphatic carbocycles. The van der Waals surface area contributed by atoms with E-state index in [0.29, 0.717) is 6.07 Å². The molecule has 1 saturated carbocycles. The van der Waals surface area contributed by atoms with E-state index in [1.165, 1.54) is 19.1 Å². The number of hydrogen-bond donors (Lipinski definition) is 0. The van der Waals surface area contributed by atoms with Crippen LogP contribution in [0.2, 0.25) is 0 Å². The molecule has 1 nitrogen and oxygen atoms in total. The molecule has 1 aliphatic rings. The van der Waals surface area contributed by atoms with Crippen molar-refractivity contribution in [3.8, 4) is 16.9 Å². The smallest absolute Gasteiger partial charge is 0.423 e. The fraction of sp³-hybridized carbons (Fsp3) is 0.250. The highest BCUT2D eigenvalue weighted by atomic mass is 19.3. The van der Waals surface area contributed by atoms with Gasteiger partial charge in [0.15, 0.2) is 17.4 Å². The van der Waals surface area contributed by atoms with Crippen LogP contribution < -0.4 is 4.74 Å². The van der Waals surface area contributed by atoms with Gasteiger partial charge in [-0.2, -0.15) is 8.78 Å². The number of hydrogen-bond acceptors (Lipinski definition) is 1. The van der Waals surface area contributed by atoms with Gasteiger partial charge in [-0.3, -0.25) is 0 Å². The Labute approximate surface area is 175 Å². The van der Waals surface area contributed by atoms with Crippen LogP contribution in [0.5, 0.6) is 5.75 Å². The molecule has 0 amide bonds. The van der Waals surface area contributed by atoms with Crippen molar-refractivity contribution >= 4 is 0 Å². The van der Waals surface area contributed by atoms with Gasteiger partial charge in [0.05, 0.1) is 5.56 Å². The standard InChI is InChI=1S/C24H18F6O/c1-13-5-7-17(12-19(13)25)24(29,30)31-23-21(27)10-16(11-22(23)28)18-8-6-15(9-20(18)26)14-3-2-4-14/h5-12,14H,2-4H2,1H3. The molecule has 4 rings (SSSR count). The van der Waals surface area contributed by atoms with Crippen molar-refractivity contribution in [2.24, 2.45) is 0 Å². The monoisotopic (exact) mass is 436 g/mol. The minimum Gasteiger partial charge on any atom is -0.423 e. The van der Waals surface area contributed by atoms with E-state index in [2.05, 4.69) is 4.74 Å². The predicted molar refractivity (Wildman–Crippen MR) is 104 cm³/mol. The van der Waals surface area contributed by atoms with Crippen LogP contribution in [0.15, 0.2) is 48.5 Å². The van der Waals surface area contributed by atoms with Crippen molar-refractivity contribution in [3.05, 3.63) is 88.5 Å². The van der Waals surface area contributed by atoms with Crippen LogP contribution in [-0.4, -0.2) is 0 Å². The number of halogens is 6. The zero-order valence-corrected chi connectivity index (χ0v) is 16.5. The topological polar surface area (TPSA) is 9.23 Å². The molecule has 162 valence electrons. The zero-order chi connectivity index (χ0) is 22.3. The first-order chi connectivity index (χ1) is 14.7. The van der Waals surface area contributed by atoms with Crippen molar-refractivity contribution < 1.29 is 31.1 Å². The second-order valence-electron chi connectivity index (χ2n) is 7.72. The van der Waals surface area contributed by atoms with E-state index in [-0.39, 0.29) is 22.6 Å². The summed E-state index contributed by atoms with van der Waals surface area (Å²) in [7, 11) is 0. The first-order valence-electron chi connectivity index (χ1n) is 9.78. The summed E-state index contributed by atoms with van der Waals surface area (Å²) in [5.74, 6) is -5.47. The van der Waals surface area contributed by atoms with E-state index in [4.69, 9.17) is 0 Å². The van der Waals surface area contributed by atoms with Gasteiger partial charge in [0.1, 0.15) is 11.6 Å². The Morgan fingerprint density at radius 3 is 2.03 bits per heavy atom. The van der Waals surface area contributed by atoms with E-state index in [1.807, 2.05) is 0 Å². The molecule has 0 bridgehead atoms. The summed E-state index contributed by atoms with van der Waals surface area (Å²) in [5.41, 5.74) is -0.148. The Hall–Kier alpha value is -2.96. The van der Waals surface area contributed by atoms with Gasteiger partial charge in [0.2, 0.25) is 0 Å². The van der Waals surface area contributed by atoms with Crippen LogP contribution in [0.25, 0.3) is 11.1 Å². The molecule has 0 aliphatic heterocycles. The third-order valence-electron chi connectivity index (χ3n) is 5.62. The highest BCUT2D eigenvalue weighted by molar-refractivity contribution is 5.66. The highest BCUT2D eigenvalue weighted by Gasteiger charge is 2.37. The molecule has 0 heterocycles. The van der Waals surface area contributed by atoms with Gasteiger partial charge >= 0.3 is 6.11 Å². The molecule has 0 N–H and O–H groups in total. The summed E-state index contributed by atoms with van der Waals surface area (Å²) in [6.45, 7) is 1.38. The second kappa shape index (κ2) is 7.94. The van der Waals surface area contributed by atoms with Crippen LogP contribution in [0, 0.1) is 30.2 Å². The molecule has 3 aromatic carbocycles. The summed E-state index contributed by atoms with van der Waals surface area (Å²) >= 11 is 0. The van der Waals surface area contributed by atoms with Gasteiger partial charge in [-0.1, -0.05) is 24.6 Å². The maximum Gasteiger partial charge on any atom is 0.427 e. The van der Waals surface area contributed by atoms with E-state index >= 15 is 0 Å². The highest BCUT2D eigenvalue weighted by Crippen LogP contribution is 2.40. The normalized spacial score (nSPS) is 14.4. The van der Waals surface area contributed by atoms with Crippen molar-refractivity contribution in [3.63, 3.8) is 0 Å². The molecular weight excluding hydrogens is 418 g/mol. The largest absolute Gasteiger partial charge is 0.427 e. The van der Waals surface area contributed by atoms with Crippen molar-refractivity contribution in [2.75, 3.05) is 0 Å². The molecule has 0 spiro atoms. The summed E-state index contributed by atoms with van der Waals surface area (Å²) in [6.07, 6.45) is -1.18. The molecule has 31 heavy (non-hydrogen) atoms. The van der Waals surface area contributed by atoms with Gasteiger partial charge in [0.25, 0.3) is 0 Å². The Morgan fingerprint density at radius 2 is 1.48 bits per heavy atom. The molecule has 1 fully saturated rings. The first kappa shape index (κ1) is 21.3. The quantitative estimate of drug-likeness (QED) is 0.374. The third kappa shape index (κ3) is 4.13. The lowest BCUT2D eigenvalue weighted by atomic mass is 9.79. The second-order valence-corrected chi connectivity index (χ2v) is 7.72. The maximum atomic E-state index is 14.6. The average Bonchev–Trinajstić information content (AvgIpc) is 2.65. The Balaban J connectivity index is 1.63. The van der Waals surface area contributed by atoms with E-state index in [9.17, 15) is 26.3 Å². The van der Waals surface area contributed by atoms with Gasteiger partial charge < -0.3 is 4.74 Å². The van der Waals surface area contributed by atoms with Crippen LogP contribution in [0.4, 0.5) is 26.3 Å². The zero-order valence-electron chi connectivity index (χ0n) is 16.5. The number of benzene rings is 3. The average molecular weight is 436 g/mol. The molecular formula is C24H18F6O. The van der Waals surface area contributed by atoms with Gasteiger partial charge in [-0.25, -0.2) is 17.6 Å². The lowest BCUT2D eigenvalue weighted by molar-refractivity contribution is -0.188. The Kier molecular flexibility index (Phi) is 5.45. The number of alkyl halides is 2. The number of ether oxygens (including phenoxy) is 1. The summed E-state index contributed by atoms with van der Waals surface area (Å²) in [5, 5.41) is 0. The SMILES string of the molecule is Cc1ccc(C(F)(F)Oc2c(F)cc(-c3ccc(C4CCC4)cc3F)cc2F)cc1F. The van der Waals surface area contributed by atoms with Gasteiger partial charge in [-0.15, -0.1) is 0 Å². The van der Waals surface area contributed by atoms with Gasteiger partial charge in [0, 0.05) is 5.56 Å². The van der Waals surface area contributed by atoms with E-state index < -0.39 is 40.7 Å². The first-order valence-corrected chi connectivity index (χ1v) is 9.78. The predicted octanol–water partition coefficient (Wildman–Crippen LogP) is 7.61. The molecule has 0 atom stereocenters. The van der Waals surface area contributed by atoms with Crippen LogP contribution in [0.3, 0.4) is 0 Å². The fourth-order valence-electron chi connectivity index (χ4n) is 3.53. The summed E-state index contributed by atoms with van der Waals surface area (Å²) in [6, 6.07) is 8.45. The molecule has 0 radical (unpaired) electrons. The van der Waals surface area contributed by atoms with Crippen LogP contribution in [0.1, 0.15) is 41.9 Å². The van der Waals surface area contributed by atoms with Crippen molar-refractivity contribution in [1.29, 1.82) is 0 Å². The maximum absolute atomic E-state index is 14.6. The van der Waals surface area contributed by atoms with Crippen molar-refractivity contribution in [2.45, 2.75) is 38.2 Å². The third-order valence-corrected chi connectivity index (χ3v) is 5.62. The number of aryl methyl sites for hydroxylation is 1. The lowest BCUT2D eigenvalue weighted by Gasteiger charge is -2.26. The van der Waals surface area contributed by atoms with E-state index in [0.717, 1.165) is 49.1 Å². The lowest BCUT2D eigenvalue weighted by Crippen LogP contribution is -2.23. The van der Waals surface area contributed by atoms with Crippen molar-refractivity contribution in [1.82, 2.24) is 0 Å². The molecule has 0 saturated heterocycles. The van der Waals surface area contributed by atoms with Crippen LogP contribution >= 0.6 is 0 Å².